The molecular formula is C17H16O4. The van der Waals surface area contributed by atoms with Crippen LogP contribution in [0, 0.1) is 0 Å². The van der Waals surface area contributed by atoms with Gasteiger partial charge in [-0.15, -0.1) is 0 Å². The highest BCUT2D eigenvalue weighted by atomic mass is 16.5. The van der Waals surface area contributed by atoms with Gasteiger partial charge in [-0.1, -0.05) is 36.4 Å². The predicted octanol–water partition coefficient (Wildman–Crippen LogP) is 2.70. The van der Waals surface area contributed by atoms with Gasteiger partial charge in [-0.25, -0.2) is 4.79 Å². The molecule has 21 heavy (non-hydrogen) atoms. The van der Waals surface area contributed by atoms with Gasteiger partial charge in [0.15, 0.2) is 6.10 Å². The zero-order valence-corrected chi connectivity index (χ0v) is 11.5. The molecule has 0 aliphatic carbocycles. The molecule has 0 saturated carbocycles. The average molecular weight is 284 g/mol. The molecule has 0 saturated heterocycles. The maximum Gasteiger partial charge on any atom is 0.345 e. The highest BCUT2D eigenvalue weighted by molar-refractivity contribution is 5.74. The lowest BCUT2D eigenvalue weighted by Crippen LogP contribution is -2.24. The maximum absolute atomic E-state index is 10.9. The Hall–Kier alpha value is -2.49. The number of carboxylic acid groups (broad SMARTS) is 1. The lowest BCUT2D eigenvalue weighted by molar-refractivity contribution is -0.144. The molecule has 1 unspecified atom stereocenters. The second kappa shape index (κ2) is 5.87. The van der Waals surface area contributed by atoms with Crippen molar-refractivity contribution in [3.63, 3.8) is 0 Å². The molecule has 1 heterocycles. The third-order valence-electron chi connectivity index (χ3n) is 3.49. The van der Waals surface area contributed by atoms with Crippen LogP contribution in [-0.2, 0) is 17.6 Å². The van der Waals surface area contributed by atoms with Crippen LogP contribution in [0.4, 0.5) is 0 Å². The number of hydrogen-bond acceptors (Lipinski definition) is 3. The minimum absolute atomic E-state index is 0.412. The minimum atomic E-state index is -0.933. The van der Waals surface area contributed by atoms with E-state index >= 15 is 0 Å². The van der Waals surface area contributed by atoms with E-state index in [1.54, 1.807) is 6.07 Å². The monoisotopic (exact) mass is 284 g/mol. The van der Waals surface area contributed by atoms with Crippen molar-refractivity contribution >= 4 is 5.97 Å². The van der Waals surface area contributed by atoms with E-state index < -0.39 is 12.1 Å². The molecule has 4 nitrogen and oxygen atoms in total. The Morgan fingerprint density at radius 1 is 1.24 bits per heavy atom. The second-order valence-electron chi connectivity index (χ2n) is 5.00. The maximum atomic E-state index is 10.9. The molecule has 1 atom stereocenters. The van der Waals surface area contributed by atoms with E-state index in [0.717, 1.165) is 12.0 Å². The van der Waals surface area contributed by atoms with Gasteiger partial charge in [-0.3, -0.25) is 0 Å². The van der Waals surface area contributed by atoms with Crippen molar-refractivity contribution in [2.24, 2.45) is 0 Å². The summed E-state index contributed by atoms with van der Waals surface area (Å²) in [5, 5.41) is 8.97. The Balaban J connectivity index is 1.59. The first-order valence-electron chi connectivity index (χ1n) is 6.91. The van der Waals surface area contributed by atoms with E-state index in [-0.39, 0.29) is 0 Å². The van der Waals surface area contributed by atoms with Crippen LogP contribution < -0.4 is 9.47 Å². The number of carboxylic acids is 1. The first kappa shape index (κ1) is 13.5. The number of ether oxygens (including phenoxy) is 2. The molecule has 0 fully saturated rings. The van der Waals surface area contributed by atoms with Crippen LogP contribution in [0.15, 0.2) is 48.5 Å². The Kier molecular flexibility index (Phi) is 3.77. The van der Waals surface area contributed by atoms with E-state index in [1.807, 2.05) is 30.3 Å². The predicted molar refractivity (Wildman–Crippen MR) is 77.8 cm³/mol. The fourth-order valence-electron chi connectivity index (χ4n) is 2.37. The molecular weight excluding hydrogens is 268 g/mol. The zero-order valence-electron chi connectivity index (χ0n) is 11.5. The van der Waals surface area contributed by atoms with Gasteiger partial charge in [0.25, 0.3) is 0 Å². The first-order chi connectivity index (χ1) is 10.2. The number of benzene rings is 2. The number of aliphatic carboxylic acids is 1. The van der Waals surface area contributed by atoms with Crippen molar-refractivity contribution in [3.05, 3.63) is 59.7 Å². The van der Waals surface area contributed by atoms with E-state index in [0.29, 0.717) is 24.5 Å². The summed E-state index contributed by atoms with van der Waals surface area (Å²) in [6, 6.07) is 15.6. The van der Waals surface area contributed by atoms with Crippen LogP contribution in [0.25, 0.3) is 0 Å². The minimum Gasteiger partial charge on any atom is -0.493 e. The van der Waals surface area contributed by atoms with Gasteiger partial charge in [-0.2, -0.15) is 0 Å². The fourth-order valence-corrected chi connectivity index (χ4v) is 2.37. The van der Waals surface area contributed by atoms with Crippen molar-refractivity contribution in [2.45, 2.75) is 18.9 Å². The molecule has 108 valence electrons. The Morgan fingerprint density at radius 3 is 2.81 bits per heavy atom. The second-order valence-corrected chi connectivity index (χ2v) is 5.00. The van der Waals surface area contributed by atoms with E-state index in [2.05, 4.69) is 12.1 Å². The van der Waals surface area contributed by atoms with Crippen LogP contribution in [0.2, 0.25) is 0 Å². The van der Waals surface area contributed by atoms with Crippen LogP contribution in [0.1, 0.15) is 11.1 Å². The number of hydrogen-bond donors (Lipinski definition) is 1. The molecule has 0 spiro atoms. The molecule has 1 aliphatic rings. The lowest BCUT2D eigenvalue weighted by atomic mass is 10.1. The molecule has 2 aromatic rings. The summed E-state index contributed by atoms with van der Waals surface area (Å²) in [5.74, 6) is 0.382. The van der Waals surface area contributed by atoms with Crippen LogP contribution in [0.3, 0.4) is 0 Å². The molecule has 0 radical (unpaired) electrons. The fraction of sp³-hybridized carbons (Fsp3) is 0.235. The van der Waals surface area contributed by atoms with Crippen molar-refractivity contribution in [1.29, 1.82) is 0 Å². The largest absolute Gasteiger partial charge is 0.493 e. The molecule has 0 bridgehead atoms. The molecule has 4 heteroatoms. The van der Waals surface area contributed by atoms with Crippen molar-refractivity contribution in [3.8, 4) is 11.5 Å². The SMILES string of the molecule is O=C(O)C1Cc2ccc(OCCc3ccccc3)cc2O1. The van der Waals surface area contributed by atoms with E-state index in [1.165, 1.54) is 5.56 Å². The van der Waals surface area contributed by atoms with Crippen molar-refractivity contribution in [2.75, 3.05) is 6.61 Å². The summed E-state index contributed by atoms with van der Waals surface area (Å²) in [5.41, 5.74) is 2.14. The quantitative estimate of drug-likeness (QED) is 0.917. The highest BCUT2D eigenvalue weighted by Crippen LogP contribution is 2.32. The van der Waals surface area contributed by atoms with Gasteiger partial charge in [0.1, 0.15) is 11.5 Å². The third kappa shape index (κ3) is 3.16. The van der Waals surface area contributed by atoms with Crippen LogP contribution in [-0.4, -0.2) is 23.8 Å². The zero-order chi connectivity index (χ0) is 14.7. The molecule has 1 aliphatic heterocycles. The molecule has 2 aromatic carbocycles. The summed E-state index contributed by atoms with van der Waals surface area (Å²) in [6.45, 7) is 0.575. The number of carbonyl (C=O) groups is 1. The van der Waals surface area contributed by atoms with Gasteiger partial charge >= 0.3 is 5.97 Å². The standard InChI is InChI=1S/C17H16O4/c18-17(19)16-10-13-6-7-14(11-15(13)21-16)20-9-8-12-4-2-1-3-5-12/h1-7,11,16H,8-10H2,(H,18,19). The Morgan fingerprint density at radius 2 is 2.05 bits per heavy atom. The summed E-state index contributed by atoms with van der Waals surface area (Å²) in [4.78, 5) is 10.9. The number of rotatable bonds is 5. The van der Waals surface area contributed by atoms with Crippen molar-refractivity contribution < 1.29 is 19.4 Å². The molecule has 0 aromatic heterocycles. The van der Waals surface area contributed by atoms with E-state index in [9.17, 15) is 4.79 Å². The summed E-state index contributed by atoms with van der Waals surface area (Å²) < 4.78 is 11.1. The normalized spacial score (nSPS) is 16.1. The number of fused-ring (bicyclic) bond motifs is 1. The highest BCUT2D eigenvalue weighted by Gasteiger charge is 2.28. The van der Waals surface area contributed by atoms with Crippen LogP contribution >= 0.6 is 0 Å². The summed E-state index contributed by atoms with van der Waals surface area (Å²) >= 11 is 0. The first-order valence-corrected chi connectivity index (χ1v) is 6.91. The Labute approximate surface area is 122 Å². The average Bonchev–Trinajstić information content (AvgIpc) is 2.92. The summed E-state index contributed by atoms with van der Waals surface area (Å²) in [6.07, 6.45) is 0.463. The van der Waals surface area contributed by atoms with Gasteiger partial charge < -0.3 is 14.6 Å². The molecule has 1 N–H and O–H groups in total. The third-order valence-corrected chi connectivity index (χ3v) is 3.49. The van der Waals surface area contributed by atoms with Gasteiger partial charge in [0.2, 0.25) is 0 Å². The van der Waals surface area contributed by atoms with Crippen molar-refractivity contribution in [1.82, 2.24) is 0 Å². The van der Waals surface area contributed by atoms with E-state index in [4.69, 9.17) is 14.6 Å². The van der Waals surface area contributed by atoms with Crippen LogP contribution in [0.5, 0.6) is 11.5 Å². The van der Waals surface area contributed by atoms with Gasteiger partial charge in [0, 0.05) is 18.9 Å². The lowest BCUT2D eigenvalue weighted by Gasteiger charge is -2.08. The smallest absolute Gasteiger partial charge is 0.345 e. The Bertz CT molecular complexity index is 636. The molecule has 0 amide bonds. The summed E-state index contributed by atoms with van der Waals surface area (Å²) in [7, 11) is 0. The van der Waals surface area contributed by atoms with Gasteiger partial charge in [-0.05, 0) is 17.2 Å². The molecule has 3 rings (SSSR count). The van der Waals surface area contributed by atoms with Gasteiger partial charge in [0.05, 0.1) is 6.61 Å². The topological polar surface area (TPSA) is 55.8 Å².